The Bertz CT molecular complexity index is 575. The molecular formula is C13H12ClFN2O. The van der Waals surface area contributed by atoms with Crippen LogP contribution < -0.4 is 15.8 Å². The van der Waals surface area contributed by atoms with Crippen LogP contribution in [0.4, 0.5) is 21.5 Å². The van der Waals surface area contributed by atoms with E-state index in [1.807, 2.05) is 0 Å². The largest absolute Gasteiger partial charge is 0.495 e. The molecule has 0 aliphatic carbocycles. The first-order chi connectivity index (χ1) is 8.60. The molecule has 2 aromatic carbocycles. The highest BCUT2D eigenvalue weighted by Gasteiger charge is 2.05. The summed E-state index contributed by atoms with van der Waals surface area (Å²) < 4.78 is 18.2. The van der Waals surface area contributed by atoms with E-state index in [9.17, 15) is 4.39 Å². The van der Waals surface area contributed by atoms with Crippen molar-refractivity contribution >= 4 is 28.7 Å². The van der Waals surface area contributed by atoms with Crippen LogP contribution >= 0.6 is 11.6 Å². The minimum atomic E-state index is -0.354. The van der Waals surface area contributed by atoms with Gasteiger partial charge in [-0.05, 0) is 30.3 Å². The number of methoxy groups -OCH3 is 1. The first-order valence-electron chi connectivity index (χ1n) is 5.26. The van der Waals surface area contributed by atoms with Gasteiger partial charge >= 0.3 is 0 Å². The first-order valence-corrected chi connectivity index (χ1v) is 5.63. The van der Waals surface area contributed by atoms with E-state index in [0.29, 0.717) is 27.8 Å². The molecule has 0 saturated heterocycles. The Morgan fingerprint density at radius 2 is 2.00 bits per heavy atom. The molecule has 5 heteroatoms. The Morgan fingerprint density at radius 1 is 1.22 bits per heavy atom. The molecule has 0 saturated carbocycles. The van der Waals surface area contributed by atoms with Gasteiger partial charge in [-0.3, -0.25) is 0 Å². The summed E-state index contributed by atoms with van der Waals surface area (Å²) in [5.74, 6) is 0.185. The average molecular weight is 267 g/mol. The van der Waals surface area contributed by atoms with Gasteiger partial charge < -0.3 is 15.8 Å². The number of hydrogen-bond acceptors (Lipinski definition) is 3. The number of hydrogen-bond donors (Lipinski definition) is 2. The number of nitrogen functional groups attached to an aromatic ring is 1. The predicted octanol–water partition coefficient (Wildman–Crippen LogP) is 3.81. The standard InChI is InChI=1S/C13H12ClFN2O/c1-18-13-7-9(3-4-10(13)14)17-12-6-8(15)2-5-11(12)16/h2-7,17H,16H2,1H3. The van der Waals surface area contributed by atoms with E-state index in [4.69, 9.17) is 22.1 Å². The van der Waals surface area contributed by atoms with E-state index in [0.717, 1.165) is 0 Å². The number of anilines is 3. The monoisotopic (exact) mass is 266 g/mol. The predicted molar refractivity (Wildman–Crippen MR) is 72.1 cm³/mol. The molecule has 0 spiro atoms. The van der Waals surface area contributed by atoms with Crippen LogP contribution in [0.15, 0.2) is 36.4 Å². The molecule has 0 unspecified atom stereocenters. The maximum absolute atomic E-state index is 13.1. The summed E-state index contributed by atoms with van der Waals surface area (Å²) in [4.78, 5) is 0. The van der Waals surface area contributed by atoms with Crippen LogP contribution in [0.5, 0.6) is 5.75 Å². The molecule has 94 valence electrons. The third-order valence-corrected chi connectivity index (χ3v) is 2.76. The average Bonchev–Trinajstić information content (AvgIpc) is 2.36. The number of nitrogens with two attached hydrogens (primary N) is 1. The van der Waals surface area contributed by atoms with Gasteiger partial charge in [0, 0.05) is 11.8 Å². The van der Waals surface area contributed by atoms with Crippen molar-refractivity contribution in [3.8, 4) is 5.75 Å². The number of nitrogens with one attached hydrogen (secondary N) is 1. The molecule has 0 fully saturated rings. The van der Waals surface area contributed by atoms with Crippen molar-refractivity contribution < 1.29 is 9.13 Å². The lowest BCUT2D eigenvalue weighted by atomic mass is 10.2. The molecular weight excluding hydrogens is 255 g/mol. The van der Waals surface area contributed by atoms with Gasteiger partial charge in [0.15, 0.2) is 0 Å². The summed E-state index contributed by atoms with van der Waals surface area (Å²) in [6.07, 6.45) is 0. The zero-order chi connectivity index (χ0) is 13.1. The lowest BCUT2D eigenvalue weighted by molar-refractivity contribution is 0.415. The maximum Gasteiger partial charge on any atom is 0.139 e. The van der Waals surface area contributed by atoms with Crippen molar-refractivity contribution in [1.29, 1.82) is 0 Å². The zero-order valence-corrected chi connectivity index (χ0v) is 10.5. The van der Waals surface area contributed by atoms with Gasteiger partial charge in [-0.25, -0.2) is 4.39 Å². The van der Waals surface area contributed by atoms with E-state index >= 15 is 0 Å². The van der Waals surface area contributed by atoms with Crippen molar-refractivity contribution in [2.45, 2.75) is 0 Å². The van der Waals surface area contributed by atoms with Crippen LogP contribution in [0.2, 0.25) is 5.02 Å². The molecule has 18 heavy (non-hydrogen) atoms. The molecule has 0 radical (unpaired) electrons. The smallest absolute Gasteiger partial charge is 0.139 e. The Morgan fingerprint density at radius 3 is 2.72 bits per heavy atom. The molecule has 2 aromatic rings. The summed E-state index contributed by atoms with van der Waals surface area (Å²) in [5.41, 5.74) is 7.43. The van der Waals surface area contributed by atoms with Crippen LogP contribution in [0.1, 0.15) is 0 Å². The summed E-state index contributed by atoms with van der Waals surface area (Å²) in [5, 5.41) is 3.52. The van der Waals surface area contributed by atoms with Crippen molar-refractivity contribution in [2.75, 3.05) is 18.2 Å². The lowest BCUT2D eigenvalue weighted by Crippen LogP contribution is -1.97. The van der Waals surface area contributed by atoms with Crippen LogP contribution in [-0.4, -0.2) is 7.11 Å². The van der Waals surface area contributed by atoms with Gasteiger partial charge in [-0.2, -0.15) is 0 Å². The Balaban J connectivity index is 2.31. The van der Waals surface area contributed by atoms with Crippen molar-refractivity contribution in [1.82, 2.24) is 0 Å². The van der Waals surface area contributed by atoms with Gasteiger partial charge in [0.05, 0.1) is 23.5 Å². The Kier molecular flexibility index (Phi) is 3.58. The van der Waals surface area contributed by atoms with E-state index in [1.165, 1.54) is 25.3 Å². The van der Waals surface area contributed by atoms with Gasteiger partial charge in [0.1, 0.15) is 11.6 Å². The van der Waals surface area contributed by atoms with Crippen molar-refractivity contribution in [3.63, 3.8) is 0 Å². The highest BCUT2D eigenvalue weighted by atomic mass is 35.5. The minimum absolute atomic E-state index is 0.354. The summed E-state index contributed by atoms with van der Waals surface area (Å²) >= 11 is 5.92. The fourth-order valence-electron chi connectivity index (χ4n) is 1.53. The van der Waals surface area contributed by atoms with Crippen LogP contribution in [0, 0.1) is 5.82 Å². The van der Waals surface area contributed by atoms with Crippen molar-refractivity contribution in [3.05, 3.63) is 47.2 Å². The van der Waals surface area contributed by atoms with E-state index in [-0.39, 0.29) is 5.82 Å². The molecule has 0 amide bonds. The molecule has 0 atom stereocenters. The molecule has 2 rings (SSSR count). The normalized spacial score (nSPS) is 10.2. The Hall–Kier alpha value is -1.94. The topological polar surface area (TPSA) is 47.3 Å². The zero-order valence-electron chi connectivity index (χ0n) is 9.71. The highest BCUT2D eigenvalue weighted by molar-refractivity contribution is 6.32. The highest BCUT2D eigenvalue weighted by Crippen LogP contribution is 2.30. The van der Waals surface area contributed by atoms with Gasteiger partial charge in [-0.15, -0.1) is 0 Å². The van der Waals surface area contributed by atoms with E-state index < -0.39 is 0 Å². The molecule has 3 N–H and O–H groups in total. The number of halogens is 2. The van der Waals surface area contributed by atoms with E-state index in [2.05, 4.69) is 5.32 Å². The third-order valence-electron chi connectivity index (χ3n) is 2.45. The fourth-order valence-corrected chi connectivity index (χ4v) is 1.72. The third kappa shape index (κ3) is 2.65. The SMILES string of the molecule is COc1cc(Nc2cc(F)ccc2N)ccc1Cl. The van der Waals surface area contributed by atoms with Crippen LogP contribution in [0.3, 0.4) is 0 Å². The van der Waals surface area contributed by atoms with Crippen LogP contribution in [0.25, 0.3) is 0 Å². The Labute approximate surface area is 109 Å². The molecule has 0 aliphatic heterocycles. The summed E-state index contributed by atoms with van der Waals surface area (Å²) in [7, 11) is 1.53. The van der Waals surface area contributed by atoms with Gasteiger partial charge in [-0.1, -0.05) is 11.6 Å². The summed E-state index contributed by atoms with van der Waals surface area (Å²) in [6.45, 7) is 0. The molecule has 0 aliphatic rings. The quantitative estimate of drug-likeness (QED) is 0.831. The fraction of sp³-hybridized carbons (Fsp3) is 0.0769. The summed E-state index contributed by atoms with van der Waals surface area (Å²) in [6, 6.07) is 9.31. The van der Waals surface area contributed by atoms with E-state index in [1.54, 1.807) is 18.2 Å². The number of ether oxygens (including phenoxy) is 1. The number of rotatable bonds is 3. The molecule has 3 nitrogen and oxygen atoms in total. The molecule has 0 bridgehead atoms. The second kappa shape index (κ2) is 5.14. The maximum atomic E-state index is 13.1. The van der Waals surface area contributed by atoms with Crippen molar-refractivity contribution in [2.24, 2.45) is 0 Å². The number of benzene rings is 2. The second-order valence-electron chi connectivity index (χ2n) is 3.71. The first kappa shape index (κ1) is 12.5. The minimum Gasteiger partial charge on any atom is -0.495 e. The molecule has 0 heterocycles. The second-order valence-corrected chi connectivity index (χ2v) is 4.11. The molecule has 0 aromatic heterocycles. The lowest BCUT2D eigenvalue weighted by Gasteiger charge is -2.11. The van der Waals surface area contributed by atoms with Crippen LogP contribution in [-0.2, 0) is 0 Å². The van der Waals surface area contributed by atoms with Gasteiger partial charge in [0.2, 0.25) is 0 Å². The van der Waals surface area contributed by atoms with Gasteiger partial charge in [0.25, 0.3) is 0 Å².